The van der Waals surface area contributed by atoms with Gasteiger partial charge >= 0.3 is 0 Å². The Labute approximate surface area is 118 Å². The normalized spacial score (nSPS) is 11.2. The molecule has 0 radical (unpaired) electrons. The number of nitrogens with one attached hydrogen (secondary N) is 1. The van der Waals surface area contributed by atoms with Crippen molar-refractivity contribution in [2.45, 2.75) is 20.4 Å². The van der Waals surface area contributed by atoms with E-state index < -0.39 is 0 Å². The van der Waals surface area contributed by atoms with Crippen LogP contribution in [0.5, 0.6) is 0 Å². The van der Waals surface area contributed by atoms with Gasteiger partial charge in [-0.1, -0.05) is 17.7 Å². The predicted molar refractivity (Wildman–Crippen MR) is 80.7 cm³/mol. The molecule has 0 saturated carbocycles. The van der Waals surface area contributed by atoms with Crippen LogP contribution >= 0.6 is 0 Å². The molecular weight excluding hydrogens is 248 g/mol. The molecule has 0 aliphatic carbocycles. The van der Waals surface area contributed by atoms with Gasteiger partial charge in [0, 0.05) is 12.1 Å². The SMILES string of the molecule is CNCc1cn2nc(-c3cc(C)ccc3C)ccc2n1. The maximum atomic E-state index is 4.68. The van der Waals surface area contributed by atoms with Gasteiger partial charge in [0.05, 0.1) is 17.6 Å². The number of nitrogens with zero attached hydrogens (tertiary/aromatic N) is 3. The summed E-state index contributed by atoms with van der Waals surface area (Å²) in [5.41, 5.74) is 6.51. The highest BCUT2D eigenvalue weighted by atomic mass is 15.2. The number of aryl methyl sites for hydroxylation is 2. The molecule has 0 amide bonds. The van der Waals surface area contributed by atoms with Crippen LogP contribution in [-0.2, 0) is 6.54 Å². The van der Waals surface area contributed by atoms with Crippen molar-refractivity contribution in [3.8, 4) is 11.3 Å². The molecule has 0 saturated heterocycles. The fraction of sp³-hybridized carbons (Fsp3) is 0.250. The minimum Gasteiger partial charge on any atom is -0.314 e. The largest absolute Gasteiger partial charge is 0.314 e. The van der Waals surface area contributed by atoms with Crippen LogP contribution in [0.2, 0.25) is 0 Å². The number of fused-ring (bicyclic) bond motifs is 1. The molecule has 2 aromatic heterocycles. The first-order chi connectivity index (χ1) is 9.67. The highest BCUT2D eigenvalue weighted by molar-refractivity contribution is 5.65. The van der Waals surface area contributed by atoms with Crippen LogP contribution in [0, 0.1) is 13.8 Å². The molecule has 1 N–H and O–H groups in total. The molecule has 4 heteroatoms. The van der Waals surface area contributed by atoms with Crippen LogP contribution in [0.1, 0.15) is 16.8 Å². The van der Waals surface area contributed by atoms with Crippen molar-refractivity contribution in [3.63, 3.8) is 0 Å². The zero-order chi connectivity index (χ0) is 14.1. The Morgan fingerprint density at radius 3 is 2.80 bits per heavy atom. The van der Waals surface area contributed by atoms with Gasteiger partial charge in [0.25, 0.3) is 0 Å². The van der Waals surface area contributed by atoms with Gasteiger partial charge in [-0.25, -0.2) is 9.50 Å². The van der Waals surface area contributed by atoms with Gasteiger partial charge in [-0.2, -0.15) is 5.10 Å². The number of benzene rings is 1. The fourth-order valence-electron chi connectivity index (χ4n) is 2.35. The third kappa shape index (κ3) is 2.30. The minimum absolute atomic E-state index is 0.752. The zero-order valence-electron chi connectivity index (χ0n) is 12.0. The van der Waals surface area contributed by atoms with Crippen LogP contribution in [0.25, 0.3) is 16.9 Å². The summed E-state index contributed by atoms with van der Waals surface area (Å²) in [6.07, 6.45) is 1.97. The lowest BCUT2D eigenvalue weighted by atomic mass is 10.0. The Balaban J connectivity index is 2.10. The second-order valence-electron chi connectivity index (χ2n) is 5.10. The summed E-state index contributed by atoms with van der Waals surface area (Å²) in [6.45, 7) is 4.97. The molecule has 0 atom stereocenters. The summed E-state index contributed by atoms with van der Waals surface area (Å²) in [7, 11) is 1.92. The van der Waals surface area contributed by atoms with Crippen molar-refractivity contribution in [2.24, 2.45) is 0 Å². The van der Waals surface area contributed by atoms with Gasteiger partial charge in [0.2, 0.25) is 0 Å². The van der Waals surface area contributed by atoms with E-state index in [-0.39, 0.29) is 0 Å². The molecule has 102 valence electrons. The average Bonchev–Trinajstić information content (AvgIpc) is 2.83. The molecule has 0 aliphatic heterocycles. The van der Waals surface area contributed by atoms with E-state index in [1.165, 1.54) is 16.7 Å². The summed E-state index contributed by atoms with van der Waals surface area (Å²) >= 11 is 0. The molecule has 0 unspecified atom stereocenters. The molecule has 0 spiro atoms. The number of hydrogen-bond acceptors (Lipinski definition) is 3. The quantitative estimate of drug-likeness (QED) is 0.792. The summed E-state index contributed by atoms with van der Waals surface area (Å²) in [5.74, 6) is 0. The van der Waals surface area contributed by atoms with E-state index in [1.807, 2.05) is 29.9 Å². The molecule has 3 rings (SSSR count). The van der Waals surface area contributed by atoms with Crippen LogP contribution in [-0.4, -0.2) is 21.6 Å². The Kier molecular flexibility index (Phi) is 3.24. The molecule has 1 aromatic carbocycles. The maximum Gasteiger partial charge on any atom is 0.153 e. The van der Waals surface area contributed by atoms with E-state index in [2.05, 4.69) is 47.4 Å². The van der Waals surface area contributed by atoms with Gasteiger partial charge in [0.15, 0.2) is 5.65 Å². The van der Waals surface area contributed by atoms with E-state index in [4.69, 9.17) is 0 Å². The highest BCUT2D eigenvalue weighted by Gasteiger charge is 2.07. The third-order valence-corrected chi connectivity index (χ3v) is 3.40. The Bertz CT molecular complexity index is 758. The zero-order valence-corrected chi connectivity index (χ0v) is 12.0. The van der Waals surface area contributed by atoms with Crippen LogP contribution in [0.4, 0.5) is 0 Å². The summed E-state index contributed by atoms with van der Waals surface area (Å²) in [6, 6.07) is 10.5. The van der Waals surface area contributed by atoms with Crippen LogP contribution in [0.15, 0.2) is 36.5 Å². The molecule has 0 aliphatic rings. The molecule has 3 aromatic rings. The fourth-order valence-corrected chi connectivity index (χ4v) is 2.35. The number of rotatable bonds is 3. The third-order valence-electron chi connectivity index (χ3n) is 3.40. The molecule has 4 nitrogen and oxygen atoms in total. The smallest absolute Gasteiger partial charge is 0.153 e. The highest BCUT2D eigenvalue weighted by Crippen LogP contribution is 2.22. The topological polar surface area (TPSA) is 42.2 Å². The Hall–Kier alpha value is -2.20. The molecule has 0 fully saturated rings. The molecule has 0 bridgehead atoms. The lowest BCUT2D eigenvalue weighted by Crippen LogP contribution is -2.04. The van der Waals surface area contributed by atoms with Crippen LogP contribution < -0.4 is 5.32 Å². The van der Waals surface area contributed by atoms with Gasteiger partial charge < -0.3 is 5.32 Å². The van der Waals surface area contributed by atoms with E-state index >= 15 is 0 Å². The van der Waals surface area contributed by atoms with Gasteiger partial charge in [-0.3, -0.25) is 0 Å². The monoisotopic (exact) mass is 266 g/mol. The first kappa shape index (κ1) is 12.8. The van der Waals surface area contributed by atoms with Crippen molar-refractivity contribution in [3.05, 3.63) is 53.3 Å². The minimum atomic E-state index is 0.752. The van der Waals surface area contributed by atoms with E-state index in [0.29, 0.717) is 0 Å². The lowest BCUT2D eigenvalue weighted by Gasteiger charge is -2.06. The summed E-state index contributed by atoms with van der Waals surface area (Å²) < 4.78 is 1.85. The second kappa shape index (κ2) is 5.06. The first-order valence-electron chi connectivity index (χ1n) is 6.75. The Morgan fingerprint density at radius 2 is 2.00 bits per heavy atom. The first-order valence-corrected chi connectivity index (χ1v) is 6.75. The predicted octanol–water partition coefficient (Wildman–Crippen LogP) is 2.73. The van der Waals surface area contributed by atoms with Crippen molar-refractivity contribution >= 4 is 5.65 Å². The standard InChI is InChI=1S/C16H18N4/c1-11-4-5-12(2)14(8-11)15-6-7-16-18-13(9-17-3)10-20(16)19-15/h4-8,10,17H,9H2,1-3H3. The average molecular weight is 266 g/mol. The maximum absolute atomic E-state index is 4.68. The summed E-state index contributed by atoms with van der Waals surface area (Å²) in [4.78, 5) is 4.52. The van der Waals surface area contributed by atoms with Crippen molar-refractivity contribution < 1.29 is 0 Å². The van der Waals surface area contributed by atoms with Gasteiger partial charge in [-0.15, -0.1) is 0 Å². The number of imidazole rings is 1. The number of aromatic nitrogens is 3. The molecular formula is C16H18N4. The van der Waals surface area contributed by atoms with E-state index in [9.17, 15) is 0 Å². The van der Waals surface area contributed by atoms with E-state index in [0.717, 1.165) is 23.6 Å². The number of hydrogen-bond donors (Lipinski definition) is 1. The van der Waals surface area contributed by atoms with Crippen molar-refractivity contribution in [1.82, 2.24) is 19.9 Å². The second-order valence-corrected chi connectivity index (χ2v) is 5.10. The van der Waals surface area contributed by atoms with Crippen molar-refractivity contribution in [1.29, 1.82) is 0 Å². The van der Waals surface area contributed by atoms with Crippen LogP contribution in [0.3, 0.4) is 0 Å². The summed E-state index contributed by atoms with van der Waals surface area (Å²) in [5, 5.41) is 7.78. The van der Waals surface area contributed by atoms with E-state index in [1.54, 1.807) is 0 Å². The van der Waals surface area contributed by atoms with Gasteiger partial charge in [-0.05, 0) is 44.7 Å². The van der Waals surface area contributed by atoms with Crippen molar-refractivity contribution in [2.75, 3.05) is 7.05 Å². The van der Waals surface area contributed by atoms with Gasteiger partial charge in [0.1, 0.15) is 0 Å². The molecule has 20 heavy (non-hydrogen) atoms. The Morgan fingerprint density at radius 1 is 1.15 bits per heavy atom. The molecule has 2 heterocycles. The lowest BCUT2D eigenvalue weighted by molar-refractivity contribution is 0.796.